The minimum atomic E-state index is -1.19. The van der Waals surface area contributed by atoms with Gasteiger partial charge in [-0.1, -0.05) is 13.8 Å². The molecule has 3 unspecified atom stereocenters. The number of carbonyl (C=O) groups excluding carboxylic acids is 1. The summed E-state index contributed by atoms with van der Waals surface area (Å²) in [5, 5.41) is 23.2. The quantitative estimate of drug-likeness (QED) is 0.513. The molecule has 0 bridgehead atoms. The maximum atomic E-state index is 12.4. The maximum absolute atomic E-state index is 12.4. The molecule has 28 heavy (non-hydrogen) atoms. The Labute approximate surface area is 163 Å². The standard InChI is InChI=1S/C19H27N3O6/c1-12-8-13(2)11-21(10-12)16-5-4-14(9-17(16)22(26)27)18(23)20-15(19(24)25)6-7-28-3/h4-5,9,12-13,15H,6-8,10-11H2,1-3H3,(H,20,23)(H,24,25). The molecule has 1 amide bonds. The Morgan fingerprint density at radius 2 is 2.00 bits per heavy atom. The van der Waals surface area contributed by atoms with Crippen LogP contribution in [0.15, 0.2) is 18.2 Å². The first-order valence-electron chi connectivity index (χ1n) is 9.28. The number of hydrogen-bond acceptors (Lipinski definition) is 6. The number of methoxy groups -OCH3 is 1. The molecule has 9 nitrogen and oxygen atoms in total. The first-order chi connectivity index (χ1) is 13.2. The van der Waals surface area contributed by atoms with Crippen molar-refractivity contribution in [3.8, 4) is 0 Å². The van der Waals surface area contributed by atoms with E-state index in [1.807, 2.05) is 4.90 Å². The summed E-state index contributed by atoms with van der Waals surface area (Å²) >= 11 is 0. The van der Waals surface area contributed by atoms with Crippen LogP contribution in [0.1, 0.15) is 37.0 Å². The molecule has 2 N–H and O–H groups in total. The van der Waals surface area contributed by atoms with Gasteiger partial charge < -0.3 is 20.1 Å². The van der Waals surface area contributed by atoms with E-state index in [-0.39, 0.29) is 24.3 Å². The predicted octanol–water partition coefficient (Wildman–Crippen LogP) is 2.30. The second kappa shape index (κ2) is 9.50. The summed E-state index contributed by atoms with van der Waals surface area (Å²) in [7, 11) is 1.44. The molecule has 3 atom stereocenters. The molecule has 1 aliphatic rings. The van der Waals surface area contributed by atoms with Crippen molar-refractivity contribution in [3.63, 3.8) is 0 Å². The minimum Gasteiger partial charge on any atom is -0.480 e. The van der Waals surface area contributed by atoms with Gasteiger partial charge in [0, 0.05) is 44.9 Å². The van der Waals surface area contributed by atoms with E-state index in [0.29, 0.717) is 17.5 Å². The number of hydrogen-bond donors (Lipinski definition) is 2. The molecular formula is C19H27N3O6. The van der Waals surface area contributed by atoms with Gasteiger partial charge in [0.15, 0.2) is 0 Å². The van der Waals surface area contributed by atoms with Gasteiger partial charge in [-0.2, -0.15) is 0 Å². The van der Waals surface area contributed by atoms with Crippen LogP contribution in [0.5, 0.6) is 0 Å². The number of nitrogens with one attached hydrogen (secondary N) is 1. The van der Waals surface area contributed by atoms with Crippen LogP contribution < -0.4 is 10.2 Å². The molecule has 0 aliphatic carbocycles. The molecule has 154 valence electrons. The van der Waals surface area contributed by atoms with Crippen LogP contribution in [0.4, 0.5) is 11.4 Å². The highest BCUT2D eigenvalue weighted by Gasteiger charge is 2.28. The van der Waals surface area contributed by atoms with Crippen molar-refractivity contribution >= 4 is 23.3 Å². The van der Waals surface area contributed by atoms with Crippen LogP contribution in [0.2, 0.25) is 0 Å². The largest absolute Gasteiger partial charge is 0.480 e. The van der Waals surface area contributed by atoms with Crippen molar-refractivity contribution < 1.29 is 24.4 Å². The zero-order valence-electron chi connectivity index (χ0n) is 16.4. The van der Waals surface area contributed by atoms with Crippen molar-refractivity contribution in [2.75, 3.05) is 31.7 Å². The van der Waals surface area contributed by atoms with Gasteiger partial charge in [-0.25, -0.2) is 4.79 Å². The Kier molecular flexibility index (Phi) is 7.33. The molecule has 0 spiro atoms. The van der Waals surface area contributed by atoms with Crippen LogP contribution in [-0.4, -0.2) is 54.8 Å². The molecule has 1 aliphatic heterocycles. The van der Waals surface area contributed by atoms with E-state index in [4.69, 9.17) is 4.74 Å². The van der Waals surface area contributed by atoms with Crippen LogP contribution in [0, 0.1) is 22.0 Å². The molecule has 1 aromatic carbocycles. The molecule has 0 aromatic heterocycles. The molecule has 1 saturated heterocycles. The number of rotatable bonds is 8. The van der Waals surface area contributed by atoms with Crippen LogP contribution >= 0.6 is 0 Å². The summed E-state index contributed by atoms with van der Waals surface area (Å²) < 4.78 is 4.85. The van der Waals surface area contributed by atoms with Crippen LogP contribution in [0.3, 0.4) is 0 Å². The molecule has 0 saturated carbocycles. The number of ether oxygens (including phenoxy) is 1. The normalized spacial score (nSPS) is 20.5. The fourth-order valence-corrected chi connectivity index (χ4v) is 3.67. The van der Waals surface area contributed by atoms with Crippen molar-refractivity contribution in [2.45, 2.75) is 32.7 Å². The van der Waals surface area contributed by atoms with E-state index in [2.05, 4.69) is 19.2 Å². The Balaban J connectivity index is 2.25. The highest BCUT2D eigenvalue weighted by molar-refractivity contribution is 5.97. The van der Waals surface area contributed by atoms with Gasteiger partial charge in [0.05, 0.1) is 4.92 Å². The number of nitro benzene ring substituents is 1. The topological polar surface area (TPSA) is 122 Å². The molecule has 2 rings (SSSR count). The molecule has 1 aromatic rings. The molecule has 1 fully saturated rings. The van der Waals surface area contributed by atoms with Gasteiger partial charge in [0.25, 0.3) is 11.6 Å². The minimum absolute atomic E-state index is 0.0530. The van der Waals surface area contributed by atoms with Crippen molar-refractivity contribution in [1.82, 2.24) is 5.32 Å². The number of carboxylic acids is 1. The Bertz CT molecular complexity index is 728. The van der Waals surface area contributed by atoms with Crippen LogP contribution in [0.25, 0.3) is 0 Å². The third kappa shape index (κ3) is 5.41. The van der Waals surface area contributed by atoms with Crippen molar-refractivity contribution in [3.05, 3.63) is 33.9 Å². The fourth-order valence-electron chi connectivity index (χ4n) is 3.67. The Morgan fingerprint density at radius 3 is 2.54 bits per heavy atom. The predicted molar refractivity (Wildman–Crippen MR) is 104 cm³/mol. The van der Waals surface area contributed by atoms with Gasteiger partial charge in [-0.05, 0) is 30.4 Å². The fraction of sp³-hybridized carbons (Fsp3) is 0.579. The molecular weight excluding hydrogens is 366 g/mol. The molecule has 0 radical (unpaired) electrons. The average Bonchev–Trinajstić information content (AvgIpc) is 2.63. The average molecular weight is 393 g/mol. The van der Waals surface area contributed by atoms with Crippen LogP contribution in [-0.2, 0) is 9.53 Å². The lowest BCUT2D eigenvalue weighted by atomic mass is 9.91. The summed E-state index contributed by atoms with van der Waals surface area (Å²) in [5.74, 6) is -1.02. The third-order valence-corrected chi connectivity index (χ3v) is 4.86. The first kappa shape index (κ1) is 21.6. The van der Waals surface area contributed by atoms with Gasteiger partial charge in [0.1, 0.15) is 11.7 Å². The number of anilines is 1. The third-order valence-electron chi connectivity index (χ3n) is 4.86. The number of amides is 1. The highest BCUT2D eigenvalue weighted by Crippen LogP contribution is 2.33. The SMILES string of the molecule is COCCC(NC(=O)c1ccc(N2CC(C)CC(C)C2)c([N+](=O)[O-])c1)C(=O)O. The van der Waals surface area contributed by atoms with Crippen molar-refractivity contribution in [2.24, 2.45) is 11.8 Å². The highest BCUT2D eigenvalue weighted by atomic mass is 16.6. The smallest absolute Gasteiger partial charge is 0.326 e. The van der Waals surface area contributed by atoms with Gasteiger partial charge in [-0.3, -0.25) is 14.9 Å². The summed E-state index contributed by atoms with van der Waals surface area (Å²) in [6.07, 6.45) is 1.17. The summed E-state index contributed by atoms with van der Waals surface area (Å²) in [4.78, 5) is 36.8. The lowest BCUT2D eigenvalue weighted by Crippen LogP contribution is -2.41. The Hall–Kier alpha value is -2.68. The zero-order valence-corrected chi connectivity index (χ0v) is 16.4. The second-order valence-electron chi connectivity index (χ2n) is 7.46. The summed E-state index contributed by atoms with van der Waals surface area (Å²) in [6.45, 7) is 5.83. The number of carbonyl (C=O) groups is 2. The monoisotopic (exact) mass is 393 g/mol. The lowest BCUT2D eigenvalue weighted by molar-refractivity contribution is -0.384. The number of nitrogens with zero attached hydrogens (tertiary/aromatic N) is 2. The van der Waals surface area contributed by atoms with E-state index < -0.39 is 22.8 Å². The summed E-state index contributed by atoms with van der Waals surface area (Å²) in [5.41, 5.74) is 0.379. The molecule has 9 heteroatoms. The van der Waals surface area contributed by atoms with Gasteiger partial charge in [-0.15, -0.1) is 0 Å². The van der Waals surface area contributed by atoms with E-state index in [0.717, 1.165) is 19.5 Å². The number of carboxylic acid groups (broad SMARTS) is 1. The lowest BCUT2D eigenvalue weighted by Gasteiger charge is -2.36. The van der Waals surface area contributed by atoms with Gasteiger partial charge >= 0.3 is 5.97 Å². The van der Waals surface area contributed by atoms with E-state index in [1.54, 1.807) is 6.07 Å². The zero-order chi connectivity index (χ0) is 20.8. The first-order valence-corrected chi connectivity index (χ1v) is 9.28. The maximum Gasteiger partial charge on any atom is 0.326 e. The molecule has 1 heterocycles. The second-order valence-corrected chi connectivity index (χ2v) is 7.46. The van der Waals surface area contributed by atoms with E-state index in [1.165, 1.54) is 19.2 Å². The Morgan fingerprint density at radius 1 is 1.36 bits per heavy atom. The number of aliphatic carboxylic acids is 1. The summed E-state index contributed by atoms with van der Waals surface area (Å²) in [6, 6.07) is 3.15. The number of nitro groups is 1. The van der Waals surface area contributed by atoms with Gasteiger partial charge in [0.2, 0.25) is 0 Å². The number of piperidine rings is 1. The van der Waals surface area contributed by atoms with E-state index in [9.17, 15) is 24.8 Å². The van der Waals surface area contributed by atoms with E-state index >= 15 is 0 Å². The number of benzene rings is 1. The van der Waals surface area contributed by atoms with Crippen molar-refractivity contribution in [1.29, 1.82) is 0 Å².